The van der Waals surface area contributed by atoms with Gasteiger partial charge in [0.15, 0.2) is 6.61 Å². The van der Waals surface area contributed by atoms with Crippen LogP contribution in [0.25, 0.3) is 0 Å². The molecule has 0 aliphatic carbocycles. The van der Waals surface area contributed by atoms with Crippen LogP contribution in [-0.4, -0.2) is 27.9 Å². The van der Waals surface area contributed by atoms with Gasteiger partial charge in [-0.15, -0.1) is 11.3 Å². The molecule has 3 rings (SSSR count). The molecule has 0 saturated carbocycles. The minimum atomic E-state index is -0.547. The fourth-order valence-electron chi connectivity index (χ4n) is 2.66. The van der Waals surface area contributed by atoms with Crippen molar-refractivity contribution >= 4 is 23.1 Å². The number of nitrogens with zero attached hydrogens (tertiary/aromatic N) is 2. The highest BCUT2D eigenvalue weighted by Gasteiger charge is 2.18. The third-order valence-electron chi connectivity index (χ3n) is 4.00. The smallest absolute Gasteiger partial charge is 0.340 e. The molecular formula is C19H18N2O3S. The average Bonchev–Trinajstić information content (AvgIpc) is 3.24. The van der Waals surface area contributed by atoms with E-state index in [1.165, 1.54) is 11.1 Å². The first-order valence-electron chi connectivity index (χ1n) is 7.85. The molecule has 0 atom stereocenters. The van der Waals surface area contributed by atoms with E-state index in [0.29, 0.717) is 11.1 Å². The summed E-state index contributed by atoms with van der Waals surface area (Å²) in [7, 11) is 0. The van der Waals surface area contributed by atoms with Gasteiger partial charge < -0.3 is 9.30 Å². The van der Waals surface area contributed by atoms with E-state index in [-0.39, 0.29) is 12.4 Å². The number of hydrogen-bond acceptors (Lipinski definition) is 5. The summed E-state index contributed by atoms with van der Waals surface area (Å²) in [6.45, 7) is 4.34. The number of ether oxygens (including phenoxy) is 1. The summed E-state index contributed by atoms with van der Waals surface area (Å²) in [4.78, 5) is 29.5. The van der Waals surface area contributed by atoms with Crippen molar-refractivity contribution in [3.05, 3.63) is 75.5 Å². The summed E-state index contributed by atoms with van der Waals surface area (Å²) in [5.41, 5.74) is 2.81. The van der Waals surface area contributed by atoms with Crippen molar-refractivity contribution in [3.8, 4) is 0 Å². The number of aromatic nitrogens is 2. The second-order valence-electron chi connectivity index (χ2n) is 5.69. The van der Waals surface area contributed by atoms with Crippen molar-refractivity contribution in [2.45, 2.75) is 20.4 Å². The van der Waals surface area contributed by atoms with E-state index in [9.17, 15) is 9.59 Å². The summed E-state index contributed by atoms with van der Waals surface area (Å²) in [5.74, 6) is -0.753. The molecule has 0 spiro atoms. The van der Waals surface area contributed by atoms with E-state index in [1.807, 2.05) is 31.4 Å². The van der Waals surface area contributed by atoms with E-state index < -0.39 is 5.97 Å². The molecule has 128 valence electrons. The van der Waals surface area contributed by atoms with E-state index in [2.05, 4.69) is 15.6 Å². The zero-order valence-electron chi connectivity index (χ0n) is 14.1. The lowest BCUT2D eigenvalue weighted by Gasteiger charge is -2.08. The van der Waals surface area contributed by atoms with Crippen molar-refractivity contribution in [2.24, 2.45) is 0 Å². The monoisotopic (exact) mass is 354 g/mol. The topological polar surface area (TPSA) is 61.2 Å². The van der Waals surface area contributed by atoms with Gasteiger partial charge in [0.05, 0.1) is 12.1 Å². The highest BCUT2D eigenvalue weighted by molar-refractivity contribution is 7.09. The van der Waals surface area contributed by atoms with Crippen LogP contribution in [0.1, 0.15) is 37.0 Å². The Morgan fingerprint density at radius 3 is 2.76 bits per heavy atom. The van der Waals surface area contributed by atoms with Crippen LogP contribution in [0.2, 0.25) is 0 Å². The van der Waals surface area contributed by atoms with Gasteiger partial charge in [-0.2, -0.15) is 0 Å². The molecule has 0 amide bonds. The van der Waals surface area contributed by atoms with Gasteiger partial charge in [-0.05, 0) is 43.5 Å². The molecule has 0 aliphatic heterocycles. The Labute approximate surface area is 149 Å². The number of carbonyl (C=O) groups excluding carboxylic acids is 2. The van der Waals surface area contributed by atoms with Gasteiger partial charge in [0.1, 0.15) is 0 Å². The standard InChI is InChI=1S/C19H18N2O3S/c1-13-9-17(14(2)21(13)11-16-6-4-8-25-16)18(22)12-24-19(23)15-5-3-7-20-10-15/h3-10H,11-12H2,1-2H3. The second-order valence-corrected chi connectivity index (χ2v) is 6.72. The first-order chi connectivity index (χ1) is 12.1. The SMILES string of the molecule is Cc1cc(C(=O)COC(=O)c2cccnc2)c(C)n1Cc1cccs1. The molecule has 0 bridgehead atoms. The lowest BCUT2D eigenvalue weighted by atomic mass is 10.1. The van der Waals surface area contributed by atoms with Crippen molar-refractivity contribution in [1.82, 2.24) is 9.55 Å². The Morgan fingerprint density at radius 2 is 2.08 bits per heavy atom. The maximum absolute atomic E-state index is 12.5. The average molecular weight is 354 g/mol. The Kier molecular flexibility index (Phi) is 5.09. The summed E-state index contributed by atoms with van der Waals surface area (Å²) in [5, 5.41) is 2.04. The van der Waals surface area contributed by atoms with Crippen LogP contribution in [0.15, 0.2) is 48.1 Å². The van der Waals surface area contributed by atoms with Gasteiger partial charge in [0.2, 0.25) is 5.78 Å². The first kappa shape index (κ1) is 17.1. The number of pyridine rings is 1. The van der Waals surface area contributed by atoms with Crippen molar-refractivity contribution < 1.29 is 14.3 Å². The van der Waals surface area contributed by atoms with Gasteiger partial charge in [-0.3, -0.25) is 9.78 Å². The molecular weight excluding hydrogens is 336 g/mol. The number of Topliss-reactive ketones (excluding diaryl/α,β-unsaturated/α-hetero) is 1. The third kappa shape index (κ3) is 3.85. The number of ketones is 1. The van der Waals surface area contributed by atoms with Crippen LogP contribution < -0.4 is 0 Å². The Balaban J connectivity index is 1.69. The molecule has 3 aromatic rings. The van der Waals surface area contributed by atoms with Gasteiger partial charge in [-0.25, -0.2) is 4.79 Å². The van der Waals surface area contributed by atoms with Gasteiger partial charge in [0, 0.05) is 34.2 Å². The van der Waals surface area contributed by atoms with Gasteiger partial charge >= 0.3 is 5.97 Å². The maximum Gasteiger partial charge on any atom is 0.340 e. The third-order valence-corrected chi connectivity index (χ3v) is 4.86. The second kappa shape index (κ2) is 7.44. The summed E-state index contributed by atoms with van der Waals surface area (Å²) in [6, 6.07) is 9.19. The van der Waals surface area contributed by atoms with Crippen LogP contribution in [0.5, 0.6) is 0 Å². The van der Waals surface area contributed by atoms with E-state index in [4.69, 9.17) is 4.74 Å². The van der Waals surface area contributed by atoms with Crippen LogP contribution in [0.4, 0.5) is 0 Å². The van der Waals surface area contributed by atoms with Gasteiger partial charge in [0.25, 0.3) is 0 Å². The fraction of sp³-hybridized carbons (Fsp3) is 0.211. The molecule has 0 radical (unpaired) electrons. The molecule has 3 aromatic heterocycles. The zero-order valence-corrected chi connectivity index (χ0v) is 14.9. The number of carbonyl (C=O) groups is 2. The largest absolute Gasteiger partial charge is 0.454 e. The number of esters is 1. The molecule has 3 heterocycles. The normalized spacial score (nSPS) is 10.6. The molecule has 6 heteroatoms. The zero-order chi connectivity index (χ0) is 17.8. The lowest BCUT2D eigenvalue weighted by Crippen LogP contribution is -2.15. The highest BCUT2D eigenvalue weighted by Crippen LogP contribution is 2.20. The van der Waals surface area contributed by atoms with E-state index in [1.54, 1.807) is 29.7 Å². The summed E-state index contributed by atoms with van der Waals surface area (Å²) >= 11 is 1.68. The molecule has 0 aromatic carbocycles. The Hall–Kier alpha value is -2.73. The van der Waals surface area contributed by atoms with Crippen molar-refractivity contribution in [3.63, 3.8) is 0 Å². The number of hydrogen-bond donors (Lipinski definition) is 0. The van der Waals surface area contributed by atoms with E-state index >= 15 is 0 Å². The quantitative estimate of drug-likeness (QED) is 0.501. The lowest BCUT2D eigenvalue weighted by molar-refractivity contribution is 0.0474. The molecule has 0 aliphatic rings. The molecule has 0 unspecified atom stereocenters. The minimum absolute atomic E-state index is 0.206. The fourth-order valence-corrected chi connectivity index (χ4v) is 3.35. The first-order valence-corrected chi connectivity index (χ1v) is 8.73. The van der Waals surface area contributed by atoms with Crippen LogP contribution in [-0.2, 0) is 11.3 Å². The number of thiophene rings is 1. The predicted molar refractivity (Wildman–Crippen MR) is 96.2 cm³/mol. The molecule has 0 N–H and O–H groups in total. The van der Waals surface area contributed by atoms with Crippen molar-refractivity contribution in [1.29, 1.82) is 0 Å². The van der Waals surface area contributed by atoms with Crippen LogP contribution >= 0.6 is 11.3 Å². The molecule has 25 heavy (non-hydrogen) atoms. The van der Waals surface area contributed by atoms with E-state index in [0.717, 1.165) is 17.9 Å². The Bertz CT molecular complexity index is 883. The Morgan fingerprint density at radius 1 is 1.24 bits per heavy atom. The summed E-state index contributed by atoms with van der Waals surface area (Å²) in [6.07, 6.45) is 2.99. The summed E-state index contributed by atoms with van der Waals surface area (Å²) < 4.78 is 7.22. The molecule has 0 saturated heterocycles. The molecule has 0 fully saturated rings. The number of aryl methyl sites for hydroxylation is 1. The maximum atomic E-state index is 12.5. The number of rotatable bonds is 6. The minimum Gasteiger partial charge on any atom is -0.454 e. The van der Waals surface area contributed by atoms with Crippen LogP contribution in [0, 0.1) is 13.8 Å². The highest BCUT2D eigenvalue weighted by atomic mass is 32.1. The molecule has 5 nitrogen and oxygen atoms in total. The predicted octanol–water partition coefficient (Wildman–Crippen LogP) is 3.65. The van der Waals surface area contributed by atoms with Crippen LogP contribution in [0.3, 0.4) is 0 Å². The van der Waals surface area contributed by atoms with Gasteiger partial charge in [-0.1, -0.05) is 6.07 Å². The van der Waals surface area contributed by atoms with Crippen molar-refractivity contribution in [2.75, 3.05) is 6.61 Å².